The van der Waals surface area contributed by atoms with Gasteiger partial charge in [0.2, 0.25) is 5.91 Å². The van der Waals surface area contributed by atoms with Gasteiger partial charge < -0.3 is 4.90 Å². The van der Waals surface area contributed by atoms with Crippen molar-refractivity contribution >= 4 is 27.5 Å². The van der Waals surface area contributed by atoms with Crippen molar-refractivity contribution in [2.24, 2.45) is 0 Å². The first kappa shape index (κ1) is 16.3. The third-order valence-electron chi connectivity index (χ3n) is 3.41. The van der Waals surface area contributed by atoms with Crippen LogP contribution in [0.4, 0.5) is 5.69 Å². The van der Waals surface area contributed by atoms with Gasteiger partial charge >= 0.3 is 0 Å². The van der Waals surface area contributed by atoms with Crippen LogP contribution in [0, 0.1) is 11.3 Å². The SMILES string of the molecule is CN(C(=O)C(C)(C)Br)c1cccc(-c2ccccc2)c1C#N. The molecule has 4 heteroatoms. The lowest BCUT2D eigenvalue weighted by Gasteiger charge is -2.26. The number of nitrogens with zero attached hydrogens (tertiary/aromatic N) is 2. The van der Waals surface area contributed by atoms with Crippen LogP contribution >= 0.6 is 15.9 Å². The van der Waals surface area contributed by atoms with Crippen molar-refractivity contribution in [2.45, 2.75) is 18.2 Å². The first-order valence-electron chi connectivity index (χ1n) is 6.92. The number of halogens is 1. The van der Waals surface area contributed by atoms with Gasteiger partial charge in [0.25, 0.3) is 0 Å². The molecule has 0 saturated heterocycles. The van der Waals surface area contributed by atoms with Crippen LogP contribution in [-0.4, -0.2) is 17.3 Å². The maximum Gasteiger partial charge on any atom is 0.243 e. The molecule has 2 rings (SSSR count). The topological polar surface area (TPSA) is 44.1 Å². The average Bonchev–Trinajstić information content (AvgIpc) is 2.52. The molecule has 0 atom stereocenters. The van der Waals surface area contributed by atoms with Crippen LogP contribution < -0.4 is 4.90 Å². The van der Waals surface area contributed by atoms with Gasteiger partial charge in [-0.25, -0.2) is 0 Å². The predicted octanol–water partition coefficient (Wildman–Crippen LogP) is 4.36. The molecule has 0 bridgehead atoms. The number of alkyl halides is 1. The zero-order valence-corrected chi connectivity index (χ0v) is 14.4. The van der Waals surface area contributed by atoms with Crippen molar-refractivity contribution in [3.05, 3.63) is 54.1 Å². The molecule has 0 aliphatic rings. The van der Waals surface area contributed by atoms with Gasteiger partial charge in [0.15, 0.2) is 0 Å². The quantitative estimate of drug-likeness (QED) is 0.766. The van der Waals surface area contributed by atoms with Crippen LogP contribution in [-0.2, 0) is 4.79 Å². The predicted molar refractivity (Wildman–Crippen MR) is 93.0 cm³/mol. The molecule has 22 heavy (non-hydrogen) atoms. The molecule has 0 N–H and O–H groups in total. The van der Waals surface area contributed by atoms with Crippen molar-refractivity contribution in [2.75, 3.05) is 11.9 Å². The number of amides is 1. The van der Waals surface area contributed by atoms with Crippen molar-refractivity contribution in [3.63, 3.8) is 0 Å². The number of anilines is 1. The fraction of sp³-hybridized carbons (Fsp3) is 0.222. The average molecular weight is 357 g/mol. The molecular weight excluding hydrogens is 340 g/mol. The number of benzene rings is 2. The summed E-state index contributed by atoms with van der Waals surface area (Å²) in [4.78, 5) is 14.0. The highest BCUT2D eigenvalue weighted by Crippen LogP contribution is 2.32. The zero-order chi connectivity index (χ0) is 16.3. The van der Waals surface area contributed by atoms with Crippen molar-refractivity contribution in [1.82, 2.24) is 0 Å². The molecule has 0 aliphatic heterocycles. The number of nitriles is 1. The Balaban J connectivity index is 2.56. The van der Waals surface area contributed by atoms with Gasteiger partial charge in [-0.1, -0.05) is 58.4 Å². The number of rotatable bonds is 3. The number of carbonyl (C=O) groups excluding carboxylic acids is 1. The molecule has 2 aromatic rings. The summed E-state index contributed by atoms with van der Waals surface area (Å²) in [6, 6.07) is 17.5. The lowest BCUT2D eigenvalue weighted by molar-refractivity contribution is -0.119. The Labute approximate surface area is 139 Å². The third-order valence-corrected chi connectivity index (χ3v) is 3.75. The van der Waals surface area contributed by atoms with E-state index in [1.54, 1.807) is 27.0 Å². The zero-order valence-electron chi connectivity index (χ0n) is 12.8. The maximum absolute atomic E-state index is 12.5. The molecule has 2 aromatic carbocycles. The van der Waals surface area contributed by atoms with Gasteiger partial charge in [-0.3, -0.25) is 4.79 Å². The molecule has 0 unspecified atom stereocenters. The second-order valence-corrected chi connectivity index (χ2v) is 7.50. The minimum atomic E-state index is -0.683. The Morgan fingerprint density at radius 2 is 1.77 bits per heavy atom. The summed E-state index contributed by atoms with van der Waals surface area (Å²) in [5.74, 6) is -0.103. The molecule has 0 fully saturated rings. The molecule has 0 radical (unpaired) electrons. The molecular formula is C18H17BrN2O. The van der Waals surface area contributed by atoms with Crippen LogP contribution in [0.3, 0.4) is 0 Å². The van der Waals surface area contributed by atoms with Crippen LogP contribution in [0.2, 0.25) is 0 Å². The highest BCUT2D eigenvalue weighted by molar-refractivity contribution is 9.10. The number of hydrogen-bond donors (Lipinski definition) is 0. The first-order valence-corrected chi connectivity index (χ1v) is 7.71. The van der Waals surface area contributed by atoms with Gasteiger partial charge in [0.05, 0.1) is 15.6 Å². The van der Waals surface area contributed by atoms with Crippen LogP contribution in [0.1, 0.15) is 19.4 Å². The summed E-state index contributed by atoms with van der Waals surface area (Å²) >= 11 is 3.38. The first-order chi connectivity index (χ1) is 10.4. The molecule has 0 aliphatic carbocycles. The van der Waals surface area contributed by atoms with E-state index < -0.39 is 4.32 Å². The third kappa shape index (κ3) is 3.20. The fourth-order valence-corrected chi connectivity index (χ4v) is 2.57. The van der Waals surface area contributed by atoms with Crippen LogP contribution in [0.15, 0.2) is 48.5 Å². The monoisotopic (exact) mass is 356 g/mol. The van der Waals surface area contributed by atoms with E-state index in [2.05, 4.69) is 22.0 Å². The summed E-state index contributed by atoms with van der Waals surface area (Å²) in [6.45, 7) is 3.58. The fourth-order valence-electron chi connectivity index (χ4n) is 2.30. The van der Waals surface area contributed by atoms with Crippen molar-refractivity contribution in [1.29, 1.82) is 5.26 Å². The summed E-state index contributed by atoms with van der Waals surface area (Å²) in [7, 11) is 1.69. The molecule has 0 heterocycles. The molecule has 3 nitrogen and oxygen atoms in total. The van der Waals surface area contributed by atoms with E-state index in [0.717, 1.165) is 11.1 Å². The Bertz CT molecular complexity index is 727. The summed E-state index contributed by atoms with van der Waals surface area (Å²) in [5, 5.41) is 9.59. The largest absolute Gasteiger partial charge is 0.313 e. The van der Waals surface area contributed by atoms with E-state index in [0.29, 0.717) is 11.3 Å². The van der Waals surface area contributed by atoms with E-state index >= 15 is 0 Å². The molecule has 0 saturated carbocycles. The van der Waals surface area contributed by atoms with E-state index in [4.69, 9.17) is 0 Å². The smallest absolute Gasteiger partial charge is 0.243 e. The van der Waals surface area contributed by atoms with Crippen LogP contribution in [0.5, 0.6) is 0 Å². The van der Waals surface area contributed by atoms with Gasteiger partial charge in [-0.05, 0) is 25.5 Å². The van der Waals surface area contributed by atoms with E-state index in [9.17, 15) is 10.1 Å². The standard InChI is InChI=1S/C18H17BrN2O/c1-18(2,19)17(22)21(3)16-11-7-10-14(15(16)12-20)13-8-5-4-6-9-13/h4-11H,1-3H3. The molecule has 112 valence electrons. The summed E-state index contributed by atoms with van der Waals surface area (Å²) < 4.78 is -0.683. The maximum atomic E-state index is 12.5. The van der Waals surface area contributed by atoms with Crippen molar-refractivity contribution in [3.8, 4) is 17.2 Å². The summed E-state index contributed by atoms with van der Waals surface area (Å²) in [5.41, 5.74) is 2.90. The molecule has 1 amide bonds. The lowest BCUT2D eigenvalue weighted by Crippen LogP contribution is -2.39. The van der Waals surface area contributed by atoms with Crippen molar-refractivity contribution < 1.29 is 4.79 Å². The molecule has 0 spiro atoms. The minimum absolute atomic E-state index is 0.103. The minimum Gasteiger partial charge on any atom is -0.313 e. The van der Waals surface area contributed by atoms with Gasteiger partial charge in [-0.2, -0.15) is 5.26 Å². The second-order valence-electron chi connectivity index (χ2n) is 5.51. The van der Waals surface area contributed by atoms with Gasteiger partial charge in [0.1, 0.15) is 6.07 Å². The lowest BCUT2D eigenvalue weighted by atomic mass is 9.98. The van der Waals surface area contributed by atoms with Crippen LogP contribution in [0.25, 0.3) is 11.1 Å². The van der Waals surface area contributed by atoms with Gasteiger partial charge in [-0.15, -0.1) is 0 Å². The van der Waals surface area contributed by atoms with E-state index in [-0.39, 0.29) is 5.91 Å². The Morgan fingerprint density at radius 1 is 1.14 bits per heavy atom. The highest BCUT2D eigenvalue weighted by Gasteiger charge is 2.29. The Morgan fingerprint density at radius 3 is 2.32 bits per heavy atom. The highest BCUT2D eigenvalue weighted by atomic mass is 79.9. The number of hydrogen-bond acceptors (Lipinski definition) is 2. The normalized spacial score (nSPS) is 10.9. The van der Waals surface area contributed by atoms with Gasteiger partial charge in [0, 0.05) is 12.6 Å². The summed E-state index contributed by atoms with van der Waals surface area (Å²) in [6.07, 6.45) is 0. The second kappa shape index (κ2) is 6.33. The van der Waals surface area contributed by atoms with E-state index in [1.165, 1.54) is 4.90 Å². The number of carbonyl (C=O) groups is 1. The Kier molecular flexibility index (Phi) is 4.68. The molecule has 0 aromatic heterocycles. The Hall–Kier alpha value is -2.12. The van der Waals surface area contributed by atoms with E-state index in [1.807, 2.05) is 42.5 Å².